The molecule has 1 N–H and O–H groups in total. The van der Waals surface area contributed by atoms with Crippen LogP contribution in [0.3, 0.4) is 0 Å². The van der Waals surface area contributed by atoms with E-state index in [2.05, 4.69) is 62.1 Å². The topological polar surface area (TPSA) is 15.3 Å². The fourth-order valence-electron chi connectivity index (χ4n) is 1.99. The van der Waals surface area contributed by atoms with Gasteiger partial charge < -0.3 is 10.2 Å². The number of rotatable bonds is 8. The van der Waals surface area contributed by atoms with Crippen molar-refractivity contribution in [3.8, 4) is 0 Å². The highest BCUT2D eigenvalue weighted by Gasteiger charge is 2.09. The van der Waals surface area contributed by atoms with Crippen LogP contribution < -0.4 is 10.2 Å². The van der Waals surface area contributed by atoms with Crippen molar-refractivity contribution in [2.45, 2.75) is 32.2 Å². The van der Waals surface area contributed by atoms with Crippen molar-refractivity contribution < 1.29 is 0 Å². The van der Waals surface area contributed by atoms with Crippen molar-refractivity contribution in [3.05, 3.63) is 42.5 Å². The van der Waals surface area contributed by atoms with Gasteiger partial charge in [0.15, 0.2) is 0 Å². The van der Waals surface area contributed by atoms with E-state index in [0.717, 1.165) is 19.4 Å². The van der Waals surface area contributed by atoms with Gasteiger partial charge in [0.1, 0.15) is 0 Å². The first-order valence-electron chi connectivity index (χ1n) is 6.80. The highest BCUT2D eigenvalue weighted by Crippen LogP contribution is 2.21. The van der Waals surface area contributed by atoms with E-state index >= 15 is 0 Å². The molecule has 0 amide bonds. The van der Waals surface area contributed by atoms with Crippen LogP contribution in [0.2, 0.25) is 0 Å². The molecule has 100 valence electrons. The third kappa shape index (κ3) is 4.53. The number of anilines is 1. The lowest BCUT2D eigenvalue weighted by Crippen LogP contribution is -2.22. The molecule has 1 atom stereocenters. The van der Waals surface area contributed by atoms with E-state index in [1.165, 1.54) is 17.7 Å². The van der Waals surface area contributed by atoms with E-state index in [1.807, 2.05) is 6.08 Å². The minimum atomic E-state index is 0.444. The Morgan fingerprint density at radius 1 is 1.28 bits per heavy atom. The van der Waals surface area contributed by atoms with Crippen molar-refractivity contribution in [2.75, 3.05) is 25.5 Å². The maximum Gasteiger partial charge on any atom is 0.0361 e. The average Bonchev–Trinajstić information content (AvgIpc) is 2.39. The second kappa shape index (κ2) is 7.93. The van der Waals surface area contributed by atoms with E-state index in [4.69, 9.17) is 0 Å². The summed E-state index contributed by atoms with van der Waals surface area (Å²) in [6.07, 6.45) is 5.33. The Hall–Kier alpha value is -1.28. The van der Waals surface area contributed by atoms with Gasteiger partial charge in [0.05, 0.1) is 0 Å². The number of nitrogens with zero attached hydrogens (tertiary/aromatic N) is 1. The van der Waals surface area contributed by atoms with Crippen LogP contribution in [0.15, 0.2) is 36.9 Å². The van der Waals surface area contributed by atoms with E-state index in [0.29, 0.717) is 6.04 Å². The van der Waals surface area contributed by atoms with Gasteiger partial charge in [-0.15, -0.1) is 6.58 Å². The molecule has 0 aromatic heterocycles. The normalized spacial score (nSPS) is 12.2. The van der Waals surface area contributed by atoms with Crippen LogP contribution in [0.25, 0.3) is 0 Å². The summed E-state index contributed by atoms with van der Waals surface area (Å²) in [7, 11) is 4.14. The van der Waals surface area contributed by atoms with E-state index in [1.54, 1.807) is 0 Å². The minimum absolute atomic E-state index is 0.444. The first kappa shape index (κ1) is 14.8. The molecule has 2 nitrogen and oxygen atoms in total. The Kier molecular flexibility index (Phi) is 6.51. The van der Waals surface area contributed by atoms with Crippen LogP contribution in [-0.2, 0) is 0 Å². The summed E-state index contributed by atoms with van der Waals surface area (Å²) >= 11 is 0. The van der Waals surface area contributed by atoms with Gasteiger partial charge in [-0.1, -0.05) is 25.1 Å². The highest BCUT2D eigenvalue weighted by atomic mass is 15.1. The Bertz CT molecular complexity index is 341. The molecule has 0 bridgehead atoms. The van der Waals surface area contributed by atoms with E-state index < -0.39 is 0 Å². The maximum atomic E-state index is 3.81. The predicted octanol–water partition coefficient (Wildman–Crippen LogP) is 3.76. The average molecular weight is 246 g/mol. The molecule has 1 aromatic rings. The van der Waals surface area contributed by atoms with Gasteiger partial charge in [0, 0.05) is 25.8 Å². The Morgan fingerprint density at radius 2 is 1.94 bits per heavy atom. The zero-order chi connectivity index (χ0) is 13.4. The Labute approximate surface area is 112 Å². The summed E-state index contributed by atoms with van der Waals surface area (Å²) in [5, 5.41) is 3.61. The number of benzene rings is 1. The maximum absolute atomic E-state index is 3.81. The van der Waals surface area contributed by atoms with Crippen LogP contribution in [0.1, 0.15) is 37.8 Å². The molecule has 0 heterocycles. The molecule has 2 heteroatoms. The molecule has 1 rings (SSSR count). The summed E-state index contributed by atoms with van der Waals surface area (Å²) < 4.78 is 0. The van der Waals surface area contributed by atoms with Crippen LogP contribution in [0.5, 0.6) is 0 Å². The molecule has 1 aromatic carbocycles. The van der Waals surface area contributed by atoms with E-state index in [9.17, 15) is 0 Å². The van der Waals surface area contributed by atoms with Gasteiger partial charge in [-0.2, -0.15) is 0 Å². The number of hydrogen-bond donors (Lipinski definition) is 1. The zero-order valence-electron chi connectivity index (χ0n) is 11.9. The van der Waals surface area contributed by atoms with Crippen molar-refractivity contribution >= 4 is 5.69 Å². The SMILES string of the molecule is C=CCCC(NCCC)c1ccc(N(C)C)cc1. The molecular formula is C16H26N2. The molecule has 0 radical (unpaired) electrons. The van der Waals surface area contributed by atoms with Crippen LogP contribution in [-0.4, -0.2) is 20.6 Å². The summed E-state index contributed by atoms with van der Waals surface area (Å²) in [5.41, 5.74) is 2.62. The van der Waals surface area contributed by atoms with Crippen LogP contribution in [0.4, 0.5) is 5.69 Å². The van der Waals surface area contributed by atoms with Crippen molar-refractivity contribution in [1.29, 1.82) is 0 Å². The monoisotopic (exact) mass is 246 g/mol. The first-order chi connectivity index (χ1) is 8.69. The number of allylic oxidation sites excluding steroid dienone is 1. The van der Waals surface area contributed by atoms with Crippen molar-refractivity contribution in [3.63, 3.8) is 0 Å². The second-order valence-electron chi connectivity index (χ2n) is 4.86. The summed E-state index contributed by atoms with van der Waals surface area (Å²) in [6.45, 7) is 7.08. The summed E-state index contributed by atoms with van der Waals surface area (Å²) in [5.74, 6) is 0. The molecule has 1 unspecified atom stereocenters. The fraction of sp³-hybridized carbons (Fsp3) is 0.500. The van der Waals surface area contributed by atoms with Gasteiger partial charge in [0.2, 0.25) is 0 Å². The zero-order valence-corrected chi connectivity index (χ0v) is 11.9. The van der Waals surface area contributed by atoms with Crippen LogP contribution >= 0.6 is 0 Å². The molecule has 0 saturated heterocycles. The van der Waals surface area contributed by atoms with Gasteiger partial charge in [-0.25, -0.2) is 0 Å². The molecule has 0 fully saturated rings. The largest absolute Gasteiger partial charge is 0.378 e. The first-order valence-corrected chi connectivity index (χ1v) is 6.80. The van der Waals surface area contributed by atoms with Gasteiger partial charge in [-0.05, 0) is 43.5 Å². The lowest BCUT2D eigenvalue weighted by Gasteiger charge is -2.20. The van der Waals surface area contributed by atoms with Crippen molar-refractivity contribution in [1.82, 2.24) is 5.32 Å². The molecule has 0 aliphatic heterocycles. The van der Waals surface area contributed by atoms with Crippen molar-refractivity contribution in [2.24, 2.45) is 0 Å². The highest BCUT2D eigenvalue weighted by molar-refractivity contribution is 5.46. The smallest absolute Gasteiger partial charge is 0.0361 e. The minimum Gasteiger partial charge on any atom is -0.378 e. The number of nitrogens with one attached hydrogen (secondary N) is 1. The molecule has 0 saturated carbocycles. The van der Waals surface area contributed by atoms with Gasteiger partial charge in [0.25, 0.3) is 0 Å². The molecular weight excluding hydrogens is 220 g/mol. The number of hydrogen-bond acceptors (Lipinski definition) is 2. The van der Waals surface area contributed by atoms with Crippen LogP contribution in [0, 0.1) is 0 Å². The second-order valence-corrected chi connectivity index (χ2v) is 4.86. The third-order valence-electron chi connectivity index (χ3n) is 3.11. The molecule has 0 aliphatic rings. The van der Waals surface area contributed by atoms with Gasteiger partial charge >= 0.3 is 0 Å². The quantitative estimate of drug-likeness (QED) is 0.703. The lowest BCUT2D eigenvalue weighted by atomic mass is 10.0. The fourth-order valence-corrected chi connectivity index (χ4v) is 1.99. The standard InChI is InChI=1S/C16H26N2/c1-5-7-8-16(17-13-6-2)14-9-11-15(12-10-14)18(3)4/h5,9-12,16-17H,1,6-8,13H2,2-4H3. The Morgan fingerprint density at radius 3 is 2.44 bits per heavy atom. The Balaban J connectivity index is 2.73. The predicted molar refractivity (Wildman–Crippen MR) is 81.2 cm³/mol. The third-order valence-corrected chi connectivity index (χ3v) is 3.11. The molecule has 0 spiro atoms. The van der Waals surface area contributed by atoms with E-state index in [-0.39, 0.29) is 0 Å². The lowest BCUT2D eigenvalue weighted by molar-refractivity contribution is 0.503. The van der Waals surface area contributed by atoms with Gasteiger partial charge in [-0.3, -0.25) is 0 Å². The summed E-state index contributed by atoms with van der Waals surface area (Å²) in [4.78, 5) is 2.13. The molecule has 18 heavy (non-hydrogen) atoms. The molecule has 0 aliphatic carbocycles. The summed E-state index contributed by atoms with van der Waals surface area (Å²) in [6, 6.07) is 9.27.